The fourth-order valence-corrected chi connectivity index (χ4v) is 1.74. The largest absolute Gasteiger partial charge is 0.375 e. The second-order valence-electron chi connectivity index (χ2n) is 3.69. The van der Waals surface area contributed by atoms with E-state index in [0.29, 0.717) is 10.7 Å². The van der Waals surface area contributed by atoms with Crippen molar-refractivity contribution in [2.24, 2.45) is 10.8 Å². The Hall–Kier alpha value is -1.98. The van der Waals surface area contributed by atoms with Crippen LogP contribution in [0.4, 0.5) is 0 Å². The minimum Gasteiger partial charge on any atom is -0.375 e. The summed E-state index contributed by atoms with van der Waals surface area (Å²) in [5.41, 5.74) is 10.2. The molecule has 0 aliphatic rings. The van der Waals surface area contributed by atoms with Gasteiger partial charge in [0.2, 0.25) is 0 Å². The Bertz CT molecular complexity index is 628. The predicted molar refractivity (Wildman–Crippen MR) is 82.2 cm³/mol. The Morgan fingerprint density at radius 2 is 2.11 bits per heavy atom. The SMILES string of the molecule is NC(=S)NN=Cc1cccc(-c2cccc(Cl)c2)n1. The molecule has 0 saturated carbocycles. The van der Waals surface area contributed by atoms with Crippen molar-refractivity contribution in [3.8, 4) is 11.3 Å². The van der Waals surface area contributed by atoms with Crippen LogP contribution >= 0.6 is 23.8 Å². The fourth-order valence-electron chi connectivity index (χ4n) is 1.49. The minimum atomic E-state index is 0.113. The summed E-state index contributed by atoms with van der Waals surface area (Å²) < 4.78 is 0. The molecule has 0 unspecified atom stereocenters. The van der Waals surface area contributed by atoms with Crippen LogP contribution in [0, 0.1) is 0 Å². The number of hydrazone groups is 1. The van der Waals surface area contributed by atoms with Crippen LogP contribution in [0.5, 0.6) is 0 Å². The van der Waals surface area contributed by atoms with Crippen LogP contribution in [0.3, 0.4) is 0 Å². The molecule has 0 bridgehead atoms. The molecule has 0 saturated heterocycles. The van der Waals surface area contributed by atoms with E-state index in [-0.39, 0.29) is 5.11 Å². The fraction of sp³-hybridized carbons (Fsp3) is 0. The van der Waals surface area contributed by atoms with E-state index in [1.807, 2.05) is 42.5 Å². The van der Waals surface area contributed by atoms with Gasteiger partial charge >= 0.3 is 0 Å². The Morgan fingerprint density at radius 3 is 2.84 bits per heavy atom. The molecule has 19 heavy (non-hydrogen) atoms. The molecule has 0 fully saturated rings. The second kappa shape index (κ2) is 6.26. The van der Waals surface area contributed by atoms with E-state index >= 15 is 0 Å². The van der Waals surface area contributed by atoms with Gasteiger partial charge in [-0.15, -0.1) is 0 Å². The maximum atomic E-state index is 5.96. The molecule has 1 heterocycles. The summed E-state index contributed by atoms with van der Waals surface area (Å²) in [5.74, 6) is 0. The maximum absolute atomic E-state index is 5.96. The number of nitrogens with two attached hydrogens (primary N) is 1. The van der Waals surface area contributed by atoms with E-state index in [0.717, 1.165) is 11.3 Å². The van der Waals surface area contributed by atoms with Gasteiger partial charge in [-0.05, 0) is 36.5 Å². The Kier molecular flexibility index (Phi) is 4.43. The third kappa shape index (κ3) is 4.01. The number of thiocarbonyl (C=S) groups is 1. The Labute approximate surface area is 121 Å². The van der Waals surface area contributed by atoms with Crippen molar-refractivity contribution in [3.63, 3.8) is 0 Å². The third-order valence-corrected chi connectivity index (χ3v) is 2.59. The zero-order valence-electron chi connectivity index (χ0n) is 9.88. The molecule has 6 heteroatoms. The van der Waals surface area contributed by atoms with Gasteiger partial charge in [0.15, 0.2) is 5.11 Å². The average molecular weight is 291 g/mol. The van der Waals surface area contributed by atoms with Crippen LogP contribution in [0.25, 0.3) is 11.3 Å². The lowest BCUT2D eigenvalue weighted by atomic mass is 10.1. The molecule has 3 N–H and O–H groups in total. The summed E-state index contributed by atoms with van der Waals surface area (Å²) in [6.07, 6.45) is 1.55. The van der Waals surface area contributed by atoms with Gasteiger partial charge in [0, 0.05) is 10.6 Å². The Morgan fingerprint density at radius 1 is 1.32 bits per heavy atom. The third-order valence-electron chi connectivity index (χ3n) is 2.26. The highest BCUT2D eigenvalue weighted by atomic mass is 35.5. The van der Waals surface area contributed by atoms with Crippen LogP contribution in [0.1, 0.15) is 5.69 Å². The minimum absolute atomic E-state index is 0.113. The summed E-state index contributed by atoms with van der Waals surface area (Å²) in [6, 6.07) is 13.1. The van der Waals surface area contributed by atoms with Gasteiger partial charge in [-0.2, -0.15) is 5.10 Å². The number of hydrogen-bond donors (Lipinski definition) is 2. The highest BCUT2D eigenvalue weighted by Crippen LogP contribution is 2.20. The van der Waals surface area contributed by atoms with Crippen LogP contribution in [0.2, 0.25) is 5.02 Å². The summed E-state index contributed by atoms with van der Waals surface area (Å²) in [6.45, 7) is 0. The first-order chi connectivity index (χ1) is 9.15. The standard InChI is InChI=1S/C13H11ClN4S/c14-10-4-1-3-9(7-10)12-6-2-5-11(17-12)8-16-18-13(15)19/h1-8H,(H3,15,18,19). The molecular formula is C13H11ClN4S. The monoisotopic (exact) mass is 290 g/mol. The topological polar surface area (TPSA) is 63.3 Å². The smallest absolute Gasteiger partial charge is 0.184 e. The molecule has 0 spiro atoms. The van der Waals surface area contributed by atoms with Gasteiger partial charge in [0.25, 0.3) is 0 Å². The number of pyridine rings is 1. The van der Waals surface area contributed by atoms with Crippen LogP contribution in [-0.2, 0) is 0 Å². The zero-order chi connectivity index (χ0) is 13.7. The molecule has 0 radical (unpaired) electrons. The van der Waals surface area contributed by atoms with Crippen LogP contribution in [-0.4, -0.2) is 16.3 Å². The molecule has 0 aliphatic heterocycles. The van der Waals surface area contributed by atoms with Gasteiger partial charge < -0.3 is 5.73 Å². The van der Waals surface area contributed by atoms with E-state index in [1.54, 1.807) is 6.21 Å². The van der Waals surface area contributed by atoms with E-state index in [2.05, 4.69) is 27.7 Å². The van der Waals surface area contributed by atoms with Gasteiger partial charge in [-0.1, -0.05) is 29.8 Å². The molecule has 0 atom stereocenters. The highest BCUT2D eigenvalue weighted by Gasteiger charge is 2.00. The van der Waals surface area contributed by atoms with Gasteiger partial charge in [-0.3, -0.25) is 5.43 Å². The van der Waals surface area contributed by atoms with Crippen molar-refractivity contribution in [2.45, 2.75) is 0 Å². The lowest BCUT2D eigenvalue weighted by Crippen LogP contribution is -2.24. The molecule has 1 aromatic heterocycles. The number of rotatable bonds is 3. The van der Waals surface area contributed by atoms with E-state index in [4.69, 9.17) is 17.3 Å². The molecule has 4 nitrogen and oxygen atoms in total. The highest BCUT2D eigenvalue weighted by molar-refractivity contribution is 7.80. The first-order valence-electron chi connectivity index (χ1n) is 5.46. The molecule has 1 aromatic carbocycles. The number of nitrogens with one attached hydrogen (secondary N) is 1. The summed E-state index contributed by atoms with van der Waals surface area (Å²) in [7, 11) is 0. The summed E-state index contributed by atoms with van der Waals surface area (Å²) in [4.78, 5) is 4.45. The lowest BCUT2D eigenvalue weighted by Gasteiger charge is -2.02. The van der Waals surface area contributed by atoms with E-state index in [1.165, 1.54) is 0 Å². The normalized spacial score (nSPS) is 10.6. The van der Waals surface area contributed by atoms with Gasteiger partial charge in [0.05, 0.1) is 17.6 Å². The van der Waals surface area contributed by atoms with Crippen molar-refractivity contribution < 1.29 is 0 Å². The van der Waals surface area contributed by atoms with Crippen LogP contribution < -0.4 is 11.2 Å². The van der Waals surface area contributed by atoms with Crippen molar-refractivity contribution in [2.75, 3.05) is 0 Å². The number of halogens is 1. The van der Waals surface area contributed by atoms with Crippen molar-refractivity contribution in [1.29, 1.82) is 0 Å². The quantitative estimate of drug-likeness (QED) is 0.518. The van der Waals surface area contributed by atoms with Gasteiger partial charge in [0.1, 0.15) is 0 Å². The molecule has 0 amide bonds. The molecule has 96 valence electrons. The average Bonchev–Trinajstić information content (AvgIpc) is 2.39. The molecule has 0 aliphatic carbocycles. The lowest BCUT2D eigenvalue weighted by molar-refractivity contribution is 1.04. The van der Waals surface area contributed by atoms with Crippen molar-refractivity contribution >= 4 is 35.1 Å². The molecular weight excluding hydrogens is 280 g/mol. The van der Waals surface area contributed by atoms with E-state index < -0.39 is 0 Å². The van der Waals surface area contributed by atoms with Crippen molar-refractivity contribution in [3.05, 3.63) is 53.2 Å². The maximum Gasteiger partial charge on any atom is 0.184 e. The molecule has 2 rings (SSSR count). The number of nitrogens with zero attached hydrogens (tertiary/aromatic N) is 2. The van der Waals surface area contributed by atoms with Crippen LogP contribution in [0.15, 0.2) is 47.6 Å². The number of benzene rings is 1. The zero-order valence-corrected chi connectivity index (χ0v) is 11.4. The number of hydrogen-bond acceptors (Lipinski definition) is 3. The summed E-state index contributed by atoms with van der Waals surface area (Å²) in [5, 5.41) is 4.65. The first kappa shape index (κ1) is 13.5. The first-order valence-corrected chi connectivity index (χ1v) is 6.25. The second-order valence-corrected chi connectivity index (χ2v) is 4.57. The Balaban J connectivity index is 2.24. The summed E-state index contributed by atoms with van der Waals surface area (Å²) >= 11 is 10.6. The number of aromatic nitrogens is 1. The van der Waals surface area contributed by atoms with Gasteiger partial charge in [-0.25, -0.2) is 4.98 Å². The molecule has 2 aromatic rings. The predicted octanol–water partition coefficient (Wildman–Crippen LogP) is 2.57. The van der Waals surface area contributed by atoms with Crippen molar-refractivity contribution in [1.82, 2.24) is 10.4 Å². The van der Waals surface area contributed by atoms with E-state index in [9.17, 15) is 0 Å².